The molecule has 41 heavy (non-hydrogen) atoms. The lowest BCUT2D eigenvalue weighted by Gasteiger charge is -2.21. The van der Waals surface area contributed by atoms with Crippen LogP contribution in [0, 0.1) is 5.92 Å². The van der Waals surface area contributed by atoms with Gasteiger partial charge in [0, 0.05) is 18.5 Å². The van der Waals surface area contributed by atoms with Gasteiger partial charge in [0.25, 0.3) is 6.47 Å². The second-order valence-corrected chi connectivity index (χ2v) is 10.9. The smallest absolute Gasteiger partial charge is 0.351 e. The van der Waals surface area contributed by atoms with Crippen molar-refractivity contribution in [1.29, 1.82) is 0 Å². The van der Waals surface area contributed by atoms with Crippen LogP contribution >= 0.6 is 0 Å². The average Bonchev–Trinajstić information content (AvgIpc) is 3.17. The first-order chi connectivity index (χ1) is 19.7. The highest BCUT2D eigenvalue weighted by Gasteiger charge is 2.59. The Kier molecular flexibility index (Phi) is 16.0. The highest BCUT2D eigenvalue weighted by Crippen LogP contribution is 2.42. The van der Waals surface area contributed by atoms with Crippen LogP contribution in [-0.4, -0.2) is 63.5 Å². The fourth-order valence-corrected chi connectivity index (χ4v) is 5.11. The van der Waals surface area contributed by atoms with Gasteiger partial charge in [-0.15, -0.1) is 0 Å². The van der Waals surface area contributed by atoms with Crippen LogP contribution in [0.5, 0.6) is 0 Å². The maximum Gasteiger partial charge on any atom is 0.351 e. The van der Waals surface area contributed by atoms with Crippen LogP contribution < -0.4 is 11.0 Å². The molecular formula is C29H47F2N3O7. The molecule has 0 radical (unpaired) electrons. The van der Waals surface area contributed by atoms with Crippen LogP contribution in [0.1, 0.15) is 109 Å². The van der Waals surface area contributed by atoms with Gasteiger partial charge in [0.2, 0.25) is 12.1 Å². The molecule has 0 spiro atoms. The summed E-state index contributed by atoms with van der Waals surface area (Å²) in [6.07, 6.45) is 11.7. The molecule has 1 amide bonds. The molecule has 1 aromatic rings. The van der Waals surface area contributed by atoms with E-state index in [1.165, 1.54) is 70.3 Å². The molecule has 1 aliphatic rings. The molecule has 234 valence electrons. The van der Waals surface area contributed by atoms with Crippen LogP contribution in [0.15, 0.2) is 17.1 Å². The molecule has 1 aromatic heterocycles. The Labute approximate surface area is 240 Å². The summed E-state index contributed by atoms with van der Waals surface area (Å²) in [4.78, 5) is 39.3. The maximum absolute atomic E-state index is 14.4. The number of rotatable bonds is 22. The number of aliphatic hydroxyl groups is 2. The summed E-state index contributed by atoms with van der Waals surface area (Å²) in [6, 6.07) is 1.17. The van der Waals surface area contributed by atoms with Crippen LogP contribution in [0.3, 0.4) is 0 Å². The lowest BCUT2D eigenvalue weighted by Crippen LogP contribution is -2.41. The number of amides is 1. The topological polar surface area (TPSA) is 140 Å². The van der Waals surface area contributed by atoms with E-state index in [4.69, 9.17) is 14.6 Å². The predicted molar refractivity (Wildman–Crippen MR) is 150 cm³/mol. The largest absolute Gasteiger partial charge is 0.468 e. The molecule has 3 N–H and O–H groups in total. The first-order valence-corrected chi connectivity index (χ1v) is 15.0. The monoisotopic (exact) mass is 587 g/mol. The molecule has 0 saturated carbocycles. The average molecular weight is 588 g/mol. The molecule has 1 fully saturated rings. The Morgan fingerprint density at radius 2 is 1.71 bits per heavy atom. The van der Waals surface area contributed by atoms with Crippen molar-refractivity contribution in [1.82, 2.24) is 9.55 Å². The zero-order chi connectivity index (χ0) is 30.1. The highest BCUT2D eigenvalue weighted by molar-refractivity contribution is 5.89. The molecule has 2 rings (SSSR count). The van der Waals surface area contributed by atoms with E-state index in [-0.39, 0.29) is 24.8 Å². The Balaban J connectivity index is 1.73. The molecule has 10 nitrogen and oxygen atoms in total. The Hall–Kier alpha value is -2.44. The number of unbranched alkanes of at least 4 members (excludes halogenated alkanes) is 12. The number of carbonyl (C=O) groups is 2. The molecule has 12 heteroatoms. The third kappa shape index (κ3) is 11.8. The summed E-state index contributed by atoms with van der Waals surface area (Å²) >= 11 is 0. The fraction of sp³-hybridized carbons (Fsp3) is 0.793. The van der Waals surface area contributed by atoms with Gasteiger partial charge in [0.05, 0.1) is 13.2 Å². The Morgan fingerprint density at radius 3 is 2.22 bits per heavy atom. The van der Waals surface area contributed by atoms with Crippen molar-refractivity contribution in [3.8, 4) is 0 Å². The van der Waals surface area contributed by atoms with E-state index >= 15 is 0 Å². The van der Waals surface area contributed by atoms with Gasteiger partial charge >= 0.3 is 11.6 Å². The number of aliphatic hydroxyl groups excluding tert-OH is 2. The Bertz CT molecular complexity index is 963. The van der Waals surface area contributed by atoms with E-state index in [2.05, 4.69) is 17.2 Å². The lowest BCUT2D eigenvalue weighted by molar-refractivity contribution is -0.141. The van der Waals surface area contributed by atoms with Crippen molar-refractivity contribution in [3.63, 3.8) is 0 Å². The van der Waals surface area contributed by atoms with E-state index in [1.54, 1.807) is 0 Å². The molecule has 1 aliphatic heterocycles. The molecule has 2 heterocycles. The third-order valence-electron chi connectivity index (χ3n) is 7.50. The van der Waals surface area contributed by atoms with Gasteiger partial charge in [-0.1, -0.05) is 90.4 Å². The molecule has 0 aromatic carbocycles. The number of ether oxygens (including phenoxy) is 2. The predicted octanol–water partition coefficient (Wildman–Crippen LogP) is 4.73. The van der Waals surface area contributed by atoms with Crippen molar-refractivity contribution in [3.05, 3.63) is 22.7 Å². The standard InChI is InChI=1S/C29H47F2N3O7/c1-2-3-4-5-6-7-8-9-10-11-12-13-14-15-22(20-40-21-36)18-25(37)32-24-16-17-34(28(39)33-24)27-29(30,31)26(38)23(19-35)41-27/h16-17,21-23,26-27,35,38H,2-15,18-20H2,1H3,(H,32,33,37,39). The zero-order valence-corrected chi connectivity index (χ0v) is 24.1. The van der Waals surface area contributed by atoms with E-state index in [0.717, 1.165) is 25.5 Å². The number of nitrogens with one attached hydrogen (secondary N) is 1. The van der Waals surface area contributed by atoms with Crippen LogP contribution in [0.2, 0.25) is 0 Å². The molecule has 0 bridgehead atoms. The first-order valence-electron chi connectivity index (χ1n) is 15.0. The SMILES string of the molecule is CCCCCCCCCCCCCCCC(COC=O)CC(=O)Nc1ccn(C2OC(CO)C(O)C2(F)F)c(=O)n1. The van der Waals surface area contributed by atoms with E-state index in [9.17, 15) is 28.3 Å². The minimum Gasteiger partial charge on any atom is -0.468 e. The Morgan fingerprint density at radius 1 is 1.12 bits per heavy atom. The second-order valence-electron chi connectivity index (χ2n) is 10.9. The van der Waals surface area contributed by atoms with Gasteiger partial charge in [-0.2, -0.15) is 13.8 Å². The van der Waals surface area contributed by atoms with Gasteiger partial charge in [0.15, 0.2) is 6.10 Å². The second kappa shape index (κ2) is 18.9. The molecule has 4 atom stereocenters. The van der Waals surface area contributed by atoms with Crippen molar-refractivity contribution < 1.29 is 38.1 Å². The van der Waals surface area contributed by atoms with E-state index in [0.29, 0.717) is 17.5 Å². The number of carbonyl (C=O) groups excluding carboxylic acids is 2. The van der Waals surface area contributed by atoms with Crippen LogP contribution in [-0.2, 0) is 19.1 Å². The summed E-state index contributed by atoms with van der Waals surface area (Å²) < 4.78 is 39.1. The summed E-state index contributed by atoms with van der Waals surface area (Å²) in [5, 5.41) is 21.3. The number of hydrogen-bond donors (Lipinski definition) is 3. The fourth-order valence-electron chi connectivity index (χ4n) is 5.11. The molecule has 1 saturated heterocycles. The molecule has 0 aliphatic carbocycles. The van der Waals surface area contributed by atoms with Crippen molar-refractivity contribution in [2.75, 3.05) is 18.5 Å². The van der Waals surface area contributed by atoms with Gasteiger partial charge in [-0.05, 0) is 12.5 Å². The number of halogens is 2. The lowest BCUT2D eigenvalue weighted by atomic mass is 9.97. The third-order valence-corrected chi connectivity index (χ3v) is 7.50. The number of hydrogen-bond acceptors (Lipinski definition) is 8. The quantitative estimate of drug-likeness (QED) is 0.131. The number of alkyl halides is 2. The van der Waals surface area contributed by atoms with Gasteiger partial charge in [-0.3, -0.25) is 14.2 Å². The first kappa shape index (κ1) is 34.8. The summed E-state index contributed by atoms with van der Waals surface area (Å²) in [7, 11) is 0. The molecular weight excluding hydrogens is 540 g/mol. The van der Waals surface area contributed by atoms with E-state index < -0.39 is 42.6 Å². The van der Waals surface area contributed by atoms with Gasteiger partial charge in [0.1, 0.15) is 11.9 Å². The van der Waals surface area contributed by atoms with Crippen molar-refractivity contribution in [2.45, 2.75) is 128 Å². The number of nitrogens with zero attached hydrogens (tertiary/aromatic N) is 2. The summed E-state index contributed by atoms with van der Waals surface area (Å²) in [5.41, 5.74) is -1.12. The highest BCUT2D eigenvalue weighted by atomic mass is 19.3. The minimum absolute atomic E-state index is 0.0328. The van der Waals surface area contributed by atoms with Gasteiger partial charge in [-0.25, -0.2) is 4.79 Å². The van der Waals surface area contributed by atoms with Crippen molar-refractivity contribution in [2.24, 2.45) is 5.92 Å². The normalized spacial score (nSPS) is 20.6. The zero-order valence-electron chi connectivity index (χ0n) is 24.1. The van der Waals surface area contributed by atoms with Crippen LogP contribution in [0.25, 0.3) is 0 Å². The molecule has 4 unspecified atom stereocenters. The summed E-state index contributed by atoms with van der Waals surface area (Å²) in [5.74, 6) is -4.63. The van der Waals surface area contributed by atoms with Crippen molar-refractivity contribution >= 4 is 18.2 Å². The summed E-state index contributed by atoms with van der Waals surface area (Å²) in [6.45, 7) is 1.81. The minimum atomic E-state index is -3.83. The van der Waals surface area contributed by atoms with Gasteiger partial charge < -0.3 is 25.0 Å². The van der Waals surface area contributed by atoms with Crippen LogP contribution in [0.4, 0.5) is 14.6 Å². The van der Waals surface area contributed by atoms with E-state index in [1.807, 2.05) is 0 Å². The number of anilines is 1. The number of aromatic nitrogens is 2. The maximum atomic E-state index is 14.4.